The van der Waals surface area contributed by atoms with Gasteiger partial charge in [0.05, 0.1) is 10.7 Å². The van der Waals surface area contributed by atoms with E-state index in [2.05, 4.69) is 20.4 Å². The topological polar surface area (TPSA) is 80.9 Å². The van der Waals surface area contributed by atoms with Gasteiger partial charge in [-0.15, -0.1) is 11.3 Å². The number of anilines is 1. The number of nitrogens with zero attached hydrogens (tertiary/aromatic N) is 3. The average molecular weight is 390 g/mol. The van der Waals surface area contributed by atoms with Gasteiger partial charge in [-0.05, 0) is 31.5 Å². The van der Waals surface area contributed by atoms with Gasteiger partial charge in [0.1, 0.15) is 0 Å². The molecule has 0 unspecified atom stereocenters. The average Bonchev–Trinajstić information content (AvgIpc) is 3.33. The van der Waals surface area contributed by atoms with E-state index >= 15 is 0 Å². The molecule has 4 aromatic rings. The SMILES string of the molecule is CC(=O)Nc1cc(-c2nc(-c3ccc(-c4csc(C)n4)cc3)no2)ccc1C. The van der Waals surface area contributed by atoms with Gasteiger partial charge in [-0.25, -0.2) is 4.98 Å². The number of thiazole rings is 1. The van der Waals surface area contributed by atoms with Crippen LogP contribution in [0.15, 0.2) is 52.4 Å². The molecule has 6 nitrogen and oxygen atoms in total. The van der Waals surface area contributed by atoms with Crippen molar-refractivity contribution in [1.29, 1.82) is 0 Å². The van der Waals surface area contributed by atoms with Gasteiger partial charge >= 0.3 is 0 Å². The predicted molar refractivity (Wildman–Crippen MR) is 110 cm³/mol. The number of amides is 1. The minimum Gasteiger partial charge on any atom is -0.334 e. The number of aryl methyl sites for hydroxylation is 2. The Morgan fingerprint density at radius 2 is 1.71 bits per heavy atom. The van der Waals surface area contributed by atoms with Gasteiger partial charge in [0.15, 0.2) is 0 Å². The molecule has 0 radical (unpaired) electrons. The largest absolute Gasteiger partial charge is 0.334 e. The maximum Gasteiger partial charge on any atom is 0.258 e. The summed E-state index contributed by atoms with van der Waals surface area (Å²) in [4.78, 5) is 20.4. The summed E-state index contributed by atoms with van der Waals surface area (Å²) in [6.07, 6.45) is 0. The molecule has 4 rings (SSSR count). The summed E-state index contributed by atoms with van der Waals surface area (Å²) in [5.74, 6) is 0.792. The molecule has 0 spiro atoms. The number of carbonyl (C=O) groups excluding carboxylic acids is 1. The predicted octanol–water partition coefficient (Wildman–Crippen LogP) is 5.10. The molecule has 0 bridgehead atoms. The lowest BCUT2D eigenvalue weighted by Gasteiger charge is -2.07. The highest BCUT2D eigenvalue weighted by atomic mass is 32.1. The van der Waals surface area contributed by atoms with E-state index in [0.717, 1.165) is 38.6 Å². The Kier molecular flexibility index (Phi) is 4.75. The number of aromatic nitrogens is 3. The van der Waals surface area contributed by atoms with Crippen LogP contribution in [0, 0.1) is 13.8 Å². The van der Waals surface area contributed by atoms with Crippen LogP contribution in [-0.2, 0) is 4.79 Å². The minimum atomic E-state index is -0.123. The molecule has 0 atom stereocenters. The molecule has 2 aromatic carbocycles. The molecular formula is C21H18N4O2S. The summed E-state index contributed by atoms with van der Waals surface area (Å²) < 4.78 is 5.44. The monoisotopic (exact) mass is 390 g/mol. The summed E-state index contributed by atoms with van der Waals surface area (Å²) in [6, 6.07) is 13.6. The molecule has 1 N–H and O–H groups in total. The van der Waals surface area contributed by atoms with Crippen LogP contribution in [0.2, 0.25) is 0 Å². The van der Waals surface area contributed by atoms with Crippen molar-refractivity contribution in [1.82, 2.24) is 15.1 Å². The number of hydrogen-bond acceptors (Lipinski definition) is 6. The van der Waals surface area contributed by atoms with Crippen molar-refractivity contribution in [2.75, 3.05) is 5.32 Å². The standard InChI is InChI=1S/C21H18N4O2S/c1-12-4-5-17(10-18(12)22-13(2)26)21-24-20(25-27-21)16-8-6-15(7-9-16)19-11-28-14(3)23-19/h4-11H,1-3H3,(H,22,26). The van der Waals surface area contributed by atoms with E-state index in [0.29, 0.717) is 11.7 Å². The summed E-state index contributed by atoms with van der Waals surface area (Å²) in [5.41, 5.74) is 5.32. The van der Waals surface area contributed by atoms with Crippen LogP contribution in [0.3, 0.4) is 0 Å². The molecule has 2 aromatic heterocycles. The Morgan fingerprint density at radius 1 is 1.00 bits per heavy atom. The van der Waals surface area contributed by atoms with Crippen molar-refractivity contribution < 1.29 is 9.32 Å². The van der Waals surface area contributed by atoms with E-state index in [9.17, 15) is 4.79 Å². The maximum absolute atomic E-state index is 11.4. The van der Waals surface area contributed by atoms with Crippen LogP contribution in [0.4, 0.5) is 5.69 Å². The zero-order chi connectivity index (χ0) is 19.7. The van der Waals surface area contributed by atoms with Crippen molar-refractivity contribution in [2.24, 2.45) is 0 Å². The Labute approximate surface area is 166 Å². The van der Waals surface area contributed by atoms with Crippen molar-refractivity contribution in [3.05, 3.63) is 58.4 Å². The van der Waals surface area contributed by atoms with Gasteiger partial charge in [0.2, 0.25) is 11.7 Å². The lowest BCUT2D eigenvalue weighted by molar-refractivity contribution is -0.114. The van der Waals surface area contributed by atoms with Gasteiger partial charge in [-0.2, -0.15) is 4.98 Å². The van der Waals surface area contributed by atoms with E-state index in [4.69, 9.17) is 4.52 Å². The van der Waals surface area contributed by atoms with Gasteiger partial charge in [0, 0.05) is 34.7 Å². The summed E-state index contributed by atoms with van der Waals surface area (Å²) >= 11 is 1.63. The third kappa shape index (κ3) is 3.70. The molecule has 0 aliphatic carbocycles. The first-order valence-electron chi connectivity index (χ1n) is 8.75. The van der Waals surface area contributed by atoms with Crippen molar-refractivity contribution in [2.45, 2.75) is 20.8 Å². The number of nitrogens with one attached hydrogen (secondary N) is 1. The molecule has 0 saturated carbocycles. The van der Waals surface area contributed by atoms with E-state index in [1.165, 1.54) is 6.92 Å². The third-order valence-electron chi connectivity index (χ3n) is 4.28. The molecule has 28 heavy (non-hydrogen) atoms. The Morgan fingerprint density at radius 3 is 2.39 bits per heavy atom. The lowest BCUT2D eigenvalue weighted by Crippen LogP contribution is -2.07. The number of carbonyl (C=O) groups is 1. The zero-order valence-corrected chi connectivity index (χ0v) is 16.5. The fourth-order valence-corrected chi connectivity index (χ4v) is 3.45. The van der Waals surface area contributed by atoms with Crippen LogP contribution >= 0.6 is 11.3 Å². The van der Waals surface area contributed by atoms with Crippen molar-refractivity contribution in [3.63, 3.8) is 0 Å². The van der Waals surface area contributed by atoms with E-state index < -0.39 is 0 Å². The maximum atomic E-state index is 11.4. The van der Waals surface area contributed by atoms with Gasteiger partial charge in [-0.1, -0.05) is 35.5 Å². The quantitative estimate of drug-likeness (QED) is 0.524. The van der Waals surface area contributed by atoms with Crippen LogP contribution in [0.25, 0.3) is 34.1 Å². The normalized spacial score (nSPS) is 10.8. The van der Waals surface area contributed by atoms with Crippen LogP contribution in [-0.4, -0.2) is 21.0 Å². The van der Waals surface area contributed by atoms with Gasteiger partial charge < -0.3 is 9.84 Å². The van der Waals surface area contributed by atoms with Crippen LogP contribution in [0.5, 0.6) is 0 Å². The smallest absolute Gasteiger partial charge is 0.258 e. The van der Waals surface area contributed by atoms with Crippen molar-refractivity contribution in [3.8, 4) is 34.1 Å². The summed E-state index contributed by atoms with van der Waals surface area (Å²) in [7, 11) is 0. The highest BCUT2D eigenvalue weighted by Gasteiger charge is 2.13. The molecule has 1 amide bonds. The second-order valence-electron chi connectivity index (χ2n) is 6.46. The van der Waals surface area contributed by atoms with E-state index in [-0.39, 0.29) is 5.91 Å². The van der Waals surface area contributed by atoms with Gasteiger partial charge in [0.25, 0.3) is 5.89 Å². The first-order chi connectivity index (χ1) is 13.5. The second-order valence-corrected chi connectivity index (χ2v) is 7.53. The van der Waals surface area contributed by atoms with Gasteiger partial charge in [-0.3, -0.25) is 4.79 Å². The molecule has 7 heteroatoms. The van der Waals surface area contributed by atoms with Crippen LogP contribution < -0.4 is 5.32 Å². The van der Waals surface area contributed by atoms with E-state index in [1.807, 2.05) is 61.7 Å². The first kappa shape index (κ1) is 18.1. The van der Waals surface area contributed by atoms with E-state index in [1.54, 1.807) is 11.3 Å². The molecular weight excluding hydrogens is 372 g/mol. The first-order valence-corrected chi connectivity index (χ1v) is 9.63. The molecule has 0 aliphatic heterocycles. The Bertz CT molecular complexity index is 1150. The minimum absolute atomic E-state index is 0.123. The fourth-order valence-electron chi connectivity index (χ4n) is 2.82. The van der Waals surface area contributed by atoms with Crippen molar-refractivity contribution >= 4 is 22.9 Å². The zero-order valence-electron chi connectivity index (χ0n) is 15.7. The summed E-state index contributed by atoms with van der Waals surface area (Å²) in [5, 5.41) is 9.99. The molecule has 0 fully saturated rings. The Balaban J connectivity index is 1.60. The summed E-state index contributed by atoms with van der Waals surface area (Å²) in [6.45, 7) is 5.40. The highest BCUT2D eigenvalue weighted by Crippen LogP contribution is 2.28. The third-order valence-corrected chi connectivity index (χ3v) is 5.05. The van der Waals surface area contributed by atoms with Crippen LogP contribution in [0.1, 0.15) is 17.5 Å². The second kappa shape index (κ2) is 7.36. The number of hydrogen-bond donors (Lipinski definition) is 1. The molecule has 0 aliphatic rings. The lowest BCUT2D eigenvalue weighted by atomic mass is 10.1. The fraction of sp³-hybridized carbons (Fsp3) is 0.143. The highest BCUT2D eigenvalue weighted by molar-refractivity contribution is 7.09. The number of rotatable bonds is 4. The molecule has 0 saturated heterocycles. The molecule has 2 heterocycles. The molecule has 140 valence electrons. The number of benzene rings is 2. The Hall–Kier alpha value is -3.32.